The summed E-state index contributed by atoms with van der Waals surface area (Å²) in [7, 11) is 0. The van der Waals surface area contributed by atoms with E-state index in [2.05, 4.69) is 0 Å². The van der Waals surface area contributed by atoms with Gasteiger partial charge in [0.05, 0.1) is 30.2 Å². The molecule has 3 aromatic carbocycles. The van der Waals surface area contributed by atoms with Crippen LogP contribution in [0.3, 0.4) is 0 Å². The number of benzene rings is 3. The summed E-state index contributed by atoms with van der Waals surface area (Å²) in [6.45, 7) is 5.23. The Bertz CT molecular complexity index is 1500. The summed E-state index contributed by atoms with van der Waals surface area (Å²) in [6, 6.07) is 18.3. The zero-order chi connectivity index (χ0) is 25.9. The Hall–Kier alpha value is -4.13. The van der Waals surface area contributed by atoms with Crippen molar-refractivity contribution in [3.8, 4) is 11.5 Å². The van der Waals surface area contributed by atoms with Crippen LogP contribution in [-0.2, 0) is 6.42 Å². The molecule has 0 radical (unpaired) electrons. The fourth-order valence-electron chi connectivity index (χ4n) is 4.76. The highest BCUT2D eigenvalue weighted by molar-refractivity contribution is 5.99. The zero-order valence-electron chi connectivity index (χ0n) is 20.8. The molecule has 0 N–H and O–H groups in total. The first kappa shape index (κ1) is 24.6. The molecule has 0 spiro atoms. The van der Waals surface area contributed by atoms with Crippen LogP contribution in [0.4, 0.5) is 4.39 Å². The first-order valence-corrected chi connectivity index (χ1v) is 12.5. The van der Waals surface area contributed by atoms with Gasteiger partial charge in [0, 0.05) is 6.54 Å². The topological polar surface area (TPSA) is 69.0 Å². The maximum absolute atomic E-state index is 14.0. The van der Waals surface area contributed by atoms with Crippen LogP contribution >= 0.6 is 0 Å². The Labute approximate surface area is 214 Å². The summed E-state index contributed by atoms with van der Waals surface area (Å²) >= 11 is 0. The third kappa shape index (κ3) is 4.69. The van der Waals surface area contributed by atoms with Gasteiger partial charge in [-0.15, -0.1) is 0 Å². The van der Waals surface area contributed by atoms with E-state index in [-0.39, 0.29) is 28.2 Å². The summed E-state index contributed by atoms with van der Waals surface area (Å²) in [5.41, 5.74) is 1.73. The maximum atomic E-state index is 14.0. The van der Waals surface area contributed by atoms with Gasteiger partial charge in [0.15, 0.2) is 16.9 Å². The predicted octanol–water partition coefficient (Wildman–Crippen LogP) is 5.91. The molecule has 5 rings (SSSR count). The van der Waals surface area contributed by atoms with E-state index in [4.69, 9.17) is 13.9 Å². The second-order valence-electron chi connectivity index (χ2n) is 8.94. The van der Waals surface area contributed by atoms with Crippen LogP contribution in [0.2, 0.25) is 0 Å². The van der Waals surface area contributed by atoms with Crippen LogP contribution in [0.25, 0.3) is 11.0 Å². The van der Waals surface area contributed by atoms with Gasteiger partial charge in [-0.25, -0.2) is 4.39 Å². The van der Waals surface area contributed by atoms with Crippen LogP contribution in [0, 0.1) is 5.82 Å². The van der Waals surface area contributed by atoms with Crippen LogP contribution in [0.15, 0.2) is 75.9 Å². The van der Waals surface area contributed by atoms with Crippen molar-refractivity contribution in [1.82, 2.24) is 4.90 Å². The molecule has 2 heterocycles. The van der Waals surface area contributed by atoms with Gasteiger partial charge in [0.2, 0.25) is 5.76 Å². The van der Waals surface area contributed by atoms with Gasteiger partial charge in [-0.2, -0.15) is 0 Å². The first-order chi connectivity index (χ1) is 18.0. The Morgan fingerprint density at radius 3 is 2.51 bits per heavy atom. The van der Waals surface area contributed by atoms with E-state index in [0.29, 0.717) is 43.2 Å². The average Bonchev–Trinajstić information content (AvgIpc) is 3.19. The lowest BCUT2D eigenvalue weighted by molar-refractivity contribution is 0.0729. The number of carbonyl (C=O) groups is 1. The molecule has 1 aliphatic heterocycles. The van der Waals surface area contributed by atoms with Crippen molar-refractivity contribution in [2.24, 2.45) is 0 Å². The highest BCUT2D eigenvalue weighted by atomic mass is 19.1. The van der Waals surface area contributed by atoms with Gasteiger partial charge in [-0.1, -0.05) is 43.3 Å². The number of fused-ring (bicyclic) bond motifs is 2. The fourth-order valence-corrected chi connectivity index (χ4v) is 4.76. The largest absolute Gasteiger partial charge is 0.490 e. The minimum absolute atomic E-state index is 0.00793. The van der Waals surface area contributed by atoms with Gasteiger partial charge in [-0.05, 0) is 61.2 Å². The molecule has 0 saturated carbocycles. The Kier molecular flexibility index (Phi) is 6.95. The maximum Gasteiger partial charge on any atom is 0.290 e. The fraction of sp³-hybridized carbons (Fsp3) is 0.267. The third-order valence-electron chi connectivity index (χ3n) is 6.46. The number of carbonyl (C=O) groups excluding carboxylic acids is 1. The van der Waals surface area contributed by atoms with Gasteiger partial charge < -0.3 is 18.8 Å². The molecule has 4 aromatic rings. The molecule has 190 valence electrons. The van der Waals surface area contributed by atoms with Crippen molar-refractivity contribution in [3.63, 3.8) is 0 Å². The van der Waals surface area contributed by atoms with E-state index in [1.807, 2.05) is 56.3 Å². The van der Waals surface area contributed by atoms with Crippen molar-refractivity contribution in [2.75, 3.05) is 19.8 Å². The lowest BCUT2D eigenvalue weighted by atomic mass is 9.97. The minimum Gasteiger partial charge on any atom is -0.490 e. The number of hydrogen-bond acceptors (Lipinski definition) is 5. The summed E-state index contributed by atoms with van der Waals surface area (Å²) in [5.74, 6) is 0.210. The second-order valence-corrected chi connectivity index (χ2v) is 8.94. The quantitative estimate of drug-likeness (QED) is 0.285. The van der Waals surface area contributed by atoms with Crippen molar-refractivity contribution in [1.29, 1.82) is 0 Å². The summed E-state index contributed by atoms with van der Waals surface area (Å²) < 4.78 is 31.7. The molecule has 1 aliphatic rings. The van der Waals surface area contributed by atoms with Gasteiger partial charge >= 0.3 is 0 Å². The smallest absolute Gasteiger partial charge is 0.290 e. The lowest BCUT2D eigenvalue weighted by Crippen LogP contribution is -2.31. The minimum atomic E-state index is -0.713. The van der Waals surface area contributed by atoms with Crippen LogP contribution in [0.1, 0.15) is 53.6 Å². The van der Waals surface area contributed by atoms with E-state index < -0.39 is 17.3 Å². The molecule has 37 heavy (non-hydrogen) atoms. The summed E-state index contributed by atoms with van der Waals surface area (Å²) in [6.07, 6.45) is 1.44. The number of hydrogen-bond donors (Lipinski definition) is 0. The van der Waals surface area contributed by atoms with Gasteiger partial charge in [-0.3, -0.25) is 9.59 Å². The van der Waals surface area contributed by atoms with E-state index in [0.717, 1.165) is 18.1 Å². The lowest BCUT2D eigenvalue weighted by Gasteiger charge is -2.26. The Morgan fingerprint density at radius 1 is 0.946 bits per heavy atom. The van der Waals surface area contributed by atoms with E-state index in [9.17, 15) is 14.0 Å². The molecule has 6 nitrogen and oxygen atoms in total. The molecule has 1 aromatic heterocycles. The van der Waals surface area contributed by atoms with Crippen molar-refractivity contribution >= 4 is 16.9 Å². The highest BCUT2D eigenvalue weighted by Gasteiger charge is 2.42. The van der Waals surface area contributed by atoms with Crippen LogP contribution < -0.4 is 14.9 Å². The molecule has 0 aliphatic carbocycles. The van der Waals surface area contributed by atoms with E-state index in [1.165, 1.54) is 12.1 Å². The Morgan fingerprint density at radius 2 is 1.76 bits per heavy atom. The highest BCUT2D eigenvalue weighted by Crippen LogP contribution is 2.41. The molecule has 1 unspecified atom stereocenters. The number of nitrogens with zero attached hydrogens (tertiary/aromatic N) is 1. The summed E-state index contributed by atoms with van der Waals surface area (Å²) in [4.78, 5) is 29.0. The van der Waals surface area contributed by atoms with E-state index >= 15 is 0 Å². The number of halogens is 1. The van der Waals surface area contributed by atoms with Crippen molar-refractivity contribution in [2.45, 2.75) is 32.7 Å². The van der Waals surface area contributed by atoms with Gasteiger partial charge in [0.25, 0.3) is 5.91 Å². The summed E-state index contributed by atoms with van der Waals surface area (Å²) in [5, 5.41) is 0.106. The van der Waals surface area contributed by atoms with Crippen LogP contribution in [-0.4, -0.2) is 30.6 Å². The zero-order valence-corrected chi connectivity index (χ0v) is 20.8. The monoisotopic (exact) mass is 501 g/mol. The average molecular weight is 502 g/mol. The SMILES string of the molecule is CCCOc1ccc(C2c3c(oc4ccc(F)cc4c3=O)C(=O)N2CCc2ccccc2)cc1OCC. The number of ether oxygens (including phenoxy) is 2. The first-order valence-electron chi connectivity index (χ1n) is 12.5. The Balaban J connectivity index is 1.64. The van der Waals surface area contributed by atoms with E-state index in [1.54, 1.807) is 11.0 Å². The molecular weight excluding hydrogens is 473 g/mol. The number of amides is 1. The molecule has 7 heteroatoms. The molecule has 1 amide bonds. The van der Waals surface area contributed by atoms with Crippen molar-refractivity contribution < 1.29 is 23.1 Å². The predicted molar refractivity (Wildman–Crippen MR) is 139 cm³/mol. The van der Waals surface area contributed by atoms with Crippen LogP contribution in [0.5, 0.6) is 11.5 Å². The van der Waals surface area contributed by atoms with Crippen molar-refractivity contribution in [3.05, 3.63) is 105 Å². The molecular formula is C30H28FNO5. The standard InChI is InChI=1S/C30H28FNO5/c1-3-16-36-24-12-10-20(17-25(24)35-4-2)27-26-28(33)22-18-21(31)11-13-23(22)37-29(26)30(34)32(27)15-14-19-8-6-5-7-9-19/h5-13,17-18,27H,3-4,14-16H2,1-2H3. The van der Waals surface area contributed by atoms with Gasteiger partial charge in [0.1, 0.15) is 11.4 Å². The molecule has 0 fully saturated rings. The molecule has 0 saturated heterocycles. The normalized spacial score (nSPS) is 14.7. The number of rotatable bonds is 9. The second kappa shape index (κ2) is 10.5. The molecule has 1 atom stereocenters. The third-order valence-corrected chi connectivity index (χ3v) is 6.46. The molecule has 0 bridgehead atoms.